The number of hydrogen-bond donors (Lipinski definition) is 1. The molecule has 4 nitrogen and oxygen atoms in total. The summed E-state index contributed by atoms with van der Waals surface area (Å²) in [7, 11) is 0. The van der Waals surface area contributed by atoms with Gasteiger partial charge >= 0.3 is 0 Å². The first-order valence-electron chi connectivity index (χ1n) is 8.11. The molecule has 0 aliphatic heterocycles. The van der Waals surface area contributed by atoms with Gasteiger partial charge in [0.15, 0.2) is 8.73 Å². The number of H-pyrrole nitrogens is 1. The SMILES string of the molecule is Cc1ccc(-n2c(=S)[nH]c3c(sc(=S)n3-c3ccc(Cl)c(C)c3)c2=O)cc1. The molecular weight excluding hydrogens is 418 g/mol. The minimum absolute atomic E-state index is 0.182. The molecule has 27 heavy (non-hydrogen) atoms. The zero-order chi connectivity index (χ0) is 19.3. The lowest BCUT2D eigenvalue weighted by molar-refractivity contribution is 0.926. The number of hydrogen-bond acceptors (Lipinski definition) is 4. The monoisotopic (exact) mass is 431 g/mol. The summed E-state index contributed by atoms with van der Waals surface area (Å²) >= 11 is 18.4. The predicted octanol–water partition coefficient (Wildman–Crippen LogP) is 5.90. The van der Waals surface area contributed by atoms with Gasteiger partial charge in [-0.05, 0) is 74.2 Å². The topological polar surface area (TPSA) is 42.7 Å². The summed E-state index contributed by atoms with van der Waals surface area (Å²) in [6.07, 6.45) is 0. The van der Waals surface area contributed by atoms with Crippen LogP contribution in [0.15, 0.2) is 47.3 Å². The maximum atomic E-state index is 13.2. The zero-order valence-electron chi connectivity index (χ0n) is 14.4. The van der Waals surface area contributed by atoms with E-state index in [0.717, 1.165) is 22.5 Å². The number of nitrogens with one attached hydrogen (secondary N) is 1. The molecule has 8 heteroatoms. The molecular formula is C19H14ClN3OS3. The summed E-state index contributed by atoms with van der Waals surface area (Å²) in [6.45, 7) is 3.92. The van der Waals surface area contributed by atoms with Crippen LogP contribution in [0.3, 0.4) is 0 Å². The molecule has 0 radical (unpaired) electrons. The lowest BCUT2D eigenvalue weighted by atomic mass is 10.2. The third-order valence-corrected chi connectivity index (χ3v) is 6.40. The van der Waals surface area contributed by atoms with Crippen molar-refractivity contribution in [3.63, 3.8) is 0 Å². The number of rotatable bonds is 2. The lowest BCUT2D eigenvalue weighted by Gasteiger charge is -2.09. The molecule has 0 bridgehead atoms. The second-order valence-corrected chi connectivity index (χ2v) is 8.66. The smallest absolute Gasteiger partial charge is 0.278 e. The zero-order valence-corrected chi connectivity index (χ0v) is 17.7. The molecule has 0 unspecified atom stereocenters. The number of fused-ring (bicyclic) bond motifs is 1. The van der Waals surface area contributed by atoms with E-state index in [1.807, 2.05) is 60.9 Å². The van der Waals surface area contributed by atoms with Crippen LogP contribution >= 0.6 is 47.4 Å². The summed E-state index contributed by atoms with van der Waals surface area (Å²) in [6, 6.07) is 13.3. The number of aromatic nitrogens is 3. The summed E-state index contributed by atoms with van der Waals surface area (Å²) < 4.78 is 4.75. The second kappa shape index (κ2) is 6.83. The van der Waals surface area contributed by atoms with Crippen LogP contribution in [0.5, 0.6) is 0 Å². The second-order valence-electron chi connectivity index (χ2n) is 6.22. The van der Waals surface area contributed by atoms with Gasteiger partial charge in [0.25, 0.3) is 5.56 Å². The van der Waals surface area contributed by atoms with Crippen LogP contribution in [-0.2, 0) is 0 Å². The lowest BCUT2D eigenvalue weighted by Crippen LogP contribution is -2.20. The Morgan fingerprint density at radius 2 is 1.67 bits per heavy atom. The van der Waals surface area contributed by atoms with E-state index in [1.54, 1.807) is 0 Å². The van der Waals surface area contributed by atoms with E-state index in [9.17, 15) is 4.79 Å². The van der Waals surface area contributed by atoms with E-state index in [-0.39, 0.29) is 5.56 Å². The molecule has 0 aliphatic rings. The van der Waals surface area contributed by atoms with E-state index in [4.69, 9.17) is 36.0 Å². The largest absolute Gasteiger partial charge is 0.316 e. The highest BCUT2D eigenvalue weighted by Gasteiger charge is 2.15. The number of aryl methyl sites for hydroxylation is 2. The van der Waals surface area contributed by atoms with Gasteiger partial charge in [0, 0.05) is 10.7 Å². The first-order valence-corrected chi connectivity index (χ1v) is 10.1. The van der Waals surface area contributed by atoms with Crippen molar-refractivity contribution in [2.24, 2.45) is 0 Å². The van der Waals surface area contributed by atoms with Gasteiger partial charge in [-0.1, -0.05) is 40.6 Å². The Hall–Kier alpha value is -2.06. The summed E-state index contributed by atoms with van der Waals surface area (Å²) in [5, 5.41) is 0.680. The molecule has 1 N–H and O–H groups in total. The van der Waals surface area contributed by atoms with Gasteiger partial charge in [-0.3, -0.25) is 13.9 Å². The fourth-order valence-electron chi connectivity index (χ4n) is 2.91. The Morgan fingerprint density at radius 1 is 1.00 bits per heavy atom. The molecule has 0 aliphatic carbocycles. The first-order chi connectivity index (χ1) is 12.9. The van der Waals surface area contributed by atoms with Crippen LogP contribution in [-0.4, -0.2) is 14.1 Å². The normalized spacial score (nSPS) is 11.2. The maximum absolute atomic E-state index is 13.2. The van der Waals surface area contributed by atoms with Crippen molar-refractivity contribution < 1.29 is 0 Å². The van der Waals surface area contributed by atoms with Gasteiger partial charge in [0.05, 0.1) is 5.69 Å². The highest BCUT2D eigenvalue weighted by Crippen LogP contribution is 2.26. The molecule has 0 atom stereocenters. The molecule has 0 fully saturated rings. The van der Waals surface area contributed by atoms with Gasteiger partial charge in [-0.2, -0.15) is 0 Å². The van der Waals surface area contributed by atoms with Crippen LogP contribution in [0, 0.1) is 22.6 Å². The Kier molecular flexibility index (Phi) is 4.63. The van der Waals surface area contributed by atoms with Crippen LogP contribution < -0.4 is 5.56 Å². The fourth-order valence-corrected chi connectivity index (χ4v) is 4.64. The number of halogens is 1. The minimum atomic E-state index is -0.182. The maximum Gasteiger partial charge on any atom is 0.278 e. The van der Waals surface area contributed by atoms with Crippen LogP contribution in [0.2, 0.25) is 5.02 Å². The molecule has 4 rings (SSSR count). The Morgan fingerprint density at radius 3 is 2.33 bits per heavy atom. The average molecular weight is 432 g/mol. The highest BCUT2D eigenvalue weighted by atomic mass is 35.5. The van der Waals surface area contributed by atoms with E-state index in [2.05, 4.69) is 4.98 Å². The summed E-state index contributed by atoms with van der Waals surface area (Å²) in [5.74, 6) is 0. The summed E-state index contributed by atoms with van der Waals surface area (Å²) in [5.41, 5.74) is 4.03. The van der Waals surface area contributed by atoms with Crippen molar-refractivity contribution in [1.82, 2.24) is 14.1 Å². The quantitative estimate of drug-likeness (QED) is 0.402. The van der Waals surface area contributed by atoms with Crippen molar-refractivity contribution in [2.45, 2.75) is 13.8 Å². The van der Waals surface area contributed by atoms with Crippen molar-refractivity contribution in [3.8, 4) is 11.4 Å². The van der Waals surface area contributed by atoms with Gasteiger partial charge in [0.2, 0.25) is 0 Å². The third-order valence-electron chi connectivity index (χ3n) is 4.33. The van der Waals surface area contributed by atoms with Gasteiger partial charge in [-0.15, -0.1) is 0 Å². The molecule has 4 aromatic rings. The molecule has 2 aromatic heterocycles. The molecule has 0 amide bonds. The van der Waals surface area contributed by atoms with E-state index in [0.29, 0.717) is 24.1 Å². The molecule has 0 saturated carbocycles. The highest BCUT2D eigenvalue weighted by molar-refractivity contribution is 7.73. The molecule has 0 spiro atoms. The third kappa shape index (κ3) is 3.10. The summed E-state index contributed by atoms with van der Waals surface area (Å²) in [4.78, 5) is 16.3. The van der Waals surface area contributed by atoms with Crippen LogP contribution in [0.1, 0.15) is 11.1 Å². The van der Waals surface area contributed by atoms with Gasteiger partial charge < -0.3 is 4.98 Å². The first kappa shape index (κ1) is 18.3. The Labute approximate surface area is 174 Å². The fraction of sp³-hybridized carbons (Fsp3) is 0.105. The van der Waals surface area contributed by atoms with E-state index in [1.165, 1.54) is 15.9 Å². The van der Waals surface area contributed by atoms with E-state index < -0.39 is 0 Å². The van der Waals surface area contributed by atoms with Crippen LogP contribution in [0.4, 0.5) is 0 Å². The molecule has 136 valence electrons. The van der Waals surface area contributed by atoms with E-state index >= 15 is 0 Å². The standard InChI is InChI=1S/C19H14ClN3OS3/c1-10-3-5-12(6-4-10)23-17(24)15-16(21-18(23)25)22(19(26)27-15)13-7-8-14(20)11(2)9-13/h3-9H,1-2H3,(H,21,25). The predicted molar refractivity (Wildman–Crippen MR) is 117 cm³/mol. The number of thiazole rings is 1. The van der Waals surface area contributed by atoms with Crippen molar-refractivity contribution in [3.05, 3.63) is 77.7 Å². The molecule has 0 saturated heterocycles. The average Bonchev–Trinajstić information content (AvgIpc) is 2.95. The van der Waals surface area contributed by atoms with Gasteiger partial charge in [-0.25, -0.2) is 0 Å². The number of benzene rings is 2. The van der Waals surface area contributed by atoms with Crippen LogP contribution in [0.25, 0.3) is 21.7 Å². The van der Waals surface area contributed by atoms with Crippen molar-refractivity contribution in [2.75, 3.05) is 0 Å². The Balaban J connectivity index is 2.03. The van der Waals surface area contributed by atoms with Crippen molar-refractivity contribution >= 4 is 57.7 Å². The number of nitrogens with zero attached hydrogens (tertiary/aromatic N) is 2. The minimum Gasteiger partial charge on any atom is -0.316 e. The van der Waals surface area contributed by atoms with Gasteiger partial charge in [0.1, 0.15) is 10.3 Å². The van der Waals surface area contributed by atoms with Crippen molar-refractivity contribution in [1.29, 1.82) is 0 Å². The number of aromatic amines is 1. The molecule has 2 aromatic carbocycles. The molecule has 2 heterocycles. The Bertz CT molecular complexity index is 1360.